The van der Waals surface area contributed by atoms with Crippen LogP contribution in [-0.4, -0.2) is 23.2 Å². The molecule has 0 amide bonds. The molecular weight excluding hydrogens is 348 g/mol. The number of benzene rings is 2. The Morgan fingerprint density at radius 2 is 1.75 bits per heavy atom. The van der Waals surface area contributed by atoms with Crippen LogP contribution in [0.1, 0.15) is 38.4 Å². The van der Waals surface area contributed by atoms with Crippen LogP contribution in [0.15, 0.2) is 65.8 Å². The Morgan fingerprint density at radius 3 is 2.50 bits per heavy atom. The van der Waals surface area contributed by atoms with E-state index in [4.69, 9.17) is 4.84 Å². The van der Waals surface area contributed by atoms with Gasteiger partial charge in [-0.15, -0.1) is 0 Å². The summed E-state index contributed by atoms with van der Waals surface area (Å²) in [5.74, 6) is -0.0546. The number of oxime groups is 1. The Morgan fingerprint density at radius 1 is 1.04 bits per heavy atom. The fraction of sp³-hybridized carbons (Fsp3) is 0.250. The molecular formula is C24H26N2O2. The lowest BCUT2D eigenvalue weighted by Gasteiger charge is -2.10. The number of carbonyl (C=O) groups excluding carboxylic acids is 1. The van der Waals surface area contributed by atoms with Crippen LogP contribution in [-0.2, 0) is 17.8 Å². The summed E-state index contributed by atoms with van der Waals surface area (Å²) >= 11 is 0. The summed E-state index contributed by atoms with van der Waals surface area (Å²) in [5, 5.41) is 3.95. The second-order valence-electron chi connectivity index (χ2n) is 6.96. The van der Waals surface area contributed by atoms with Gasteiger partial charge in [-0.1, -0.05) is 59.8 Å². The largest absolute Gasteiger partial charge is 0.387 e. The van der Waals surface area contributed by atoms with Crippen molar-refractivity contribution in [2.75, 3.05) is 6.61 Å². The number of hydrogen-bond acceptors (Lipinski definition) is 3. The molecule has 144 valence electrons. The summed E-state index contributed by atoms with van der Waals surface area (Å²) in [6.07, 6.45) is 2.58. The molecule has 0 saturated heterocycles. The maximum atomic E-state index is 12.6. The third-order valence-electron chi connectivity index (χ3n) is 4.99. The second kappa shape index (κ2) is 9.18. The topological polar surface area (TPSA) is 43.6 Å². The molecule has 0 N–H and O–H groups in total. The molecule has 0 spiro atoms. The fourth-order valence-electron chi connectivity index (χ4n) is 3.31. The standard InChI is InChI=1S/C24H26N2O2/c1-18-9-7-8-12-22(18)16-25-28-17-24(27)23-15-19(2)26(20(23)3)14-13-21-10-5-4-6-11-21/h4-12,15-16H,13-14,17H2,1-3H3/b25-16-. The van der Waals surface area contributed by atoms with Gasteiger partial charge in [0.15, 0.2) is 6.61 Å². The van der Waals surface area contributed by atoms with Crippen LogP contribution in [0.4, 0.5) is 0 Å². The minimum Gasteiger partial charge on any atom is -0.387 e. The van der Waals surface area contributed by atoms with E-state index < -0.39 is 0 Å². The molecule has 0 atom stereocenters. The molecule has 3 rings (SSSR count). The zero-order valence-electron chi connectivity index (χ0n) is 16.7. The first-order valence-electron chi connectivity index (χ1n) is 9.51. The number of carbonyl (C=O) groups is 1. The lowest BCUT2D eigenvalue weighted by molar-refractivity contribution is 0.0778. The number of nitrogens with zero attached hydrogens (tertiary/aromatic N) is 2. The highest BCUT2D eigenvalue weighted by Crippen LogP contribution is 2.17. The van der Waals surface area contributed by atoms with Crippen molar-refractivity contribution in [2.24, 2.45) is 5.16 Å². The number of aryl methyl sites for hydroxylation is 3. The molecule has 0 aliphatic carbocycles. The van der Waals surface area contributed by atoms with Gasteiger partial charge in [-0.05, 0) is 49.9 Å². The van der Waals surface area contributed by atoms with E-state index in [2.05, 4.69) is 34.0 Å². The molecule has 1 aromatic heterocycles. The molecule has 2 aromatic carbocycles. The molecule has 0 fully saturated rings. The highest BCUT2D eigenvalue weighted by molar-refractivity contribution is 5.98. The maximum absolute atomic E-state index is 12.6. The first-order valence-corrected chi connectivity index (χ1v) is 9.51. The minimum atomic E-state index is -0.0641. The van der Waals surface area contributed by atoms with E-state index in [0.29, 0.717) is 5.56 Å². The zero-order valence-corrected chi connectivity index (χ0v) is 16.7. The Labute approximate surface area is 166 Å². The smallest absolute Gasteiger partial charge is 0.204 e. The van der Waals surface area contributed by atoms with Gasteiger partial charge in [0, 0.05) is 23.5 Å². The van der Waals surface area contributed by atoms with Crippen molar-refractivity contribution >= 4 is 12.0 Å². The molecule has 0 unspecified atom stereocenters. The summed E-state index contributed by atoms with van der Waals surface area (Å²) in [6, 6.07) is 20.2. The van der Waals surface area contributed by atoms with Gasteiger partial charge in [0.1, 0.15) is 0 Å². The van der Waals surface area contributed by atoms with Crippen LogP contribution in [0.2, 0.25) is 0 Å². The van der Waals surface area contributed by atoms with E-state index in [9.17, 15) is 4.79 Å². The summed E-state index contributed by atoms with van der Waals surface area (Å²) in [4.78, 5) is 17.8. The van der Waals surface area contributed by atoms with Crippen molar-refractivity contribution < 1.29 is 9.63 Å². The predicted molar refractivity (Wildman–Crippen MR) is 113 cm³/mol. The van der Waals surface area contributed by atoms with Crippen LogP contribution in [0.25, 0.3) is 0 Å². The van der Waals surface area contributed by atoms with Crippen LogP contribution in [0, 0.1) is 20.8 Å². The van der Waals surface area contributed by atoms with Gasteiger partial charge < -0.3 is 9.40 Å². The van der Waals surface area contributed by atoms with Crippen molar-refractivity contribution in [1.82, 2.24) is 4.57 Å². The molecule has 0 bridgehead atoms. The quantitative estimate of drug-likeness (QED) is 0.320. The van der Waals surface area contributed by atoms with Gasteiger partial charge in [0.05, 0.1) is 6.21 Å². The van der Waals surface area contributed by atoms with Gasteiger partial charge in [-0.25, -0.2) is 0 Å². The van der Waals surface area contributed by atoms with E-state index in [1.165, 1.54) is 5.56 Å². The normalized spacial score (nSPS) is 11.1. The third kappa shape index (κ3) is 4.77. The van der Waals surface area contributed by atoms with Gasteiger partial charge in [0.25, 0.3) is 0 Å². The Bertz CT molecular complexity index is 972. The van der Waals surface area contributed by atoms with Crippen LogP contribution >= 0.6 is 0 Å². The van der Waals surface area contributed by atoms with Gasteiger partial charge in [-0.2, -0.15) is 0 Å². The van der Waals surface area contributed by atoms with Crippen LogP contribution in [0.5, 0.6) is 0 Å². The van der Waals surface area contributed by atoms with Gasteiger partial charge in [0.2, 0.25) is 5.78 Å². The Kier molecular flexibility index (Phi) is 6.43. The van der Waals surface area contributed by atoms with Crippen molar-refractivity contribution in [3.63, 3.8) is 0 Å². The monoisotopic (exact) mass is 374 g/mol. The third-order valence-corrected chi connectivity index (χ3v) is 4.99. The molecule has 0 radical (unpaired) electrons. The average Bonchev–Trinajstić information content (AvgIpc) is 2.99. The predicted octanol–water partition coefficient (Wildman–Crippen LogP) is 4.89. The highest BCUT2D eigenvalue weighted by atomic mass is 16.6. The molecule has 1 heterocycles. The number of hydrogen-bond donors (Lipinski definition) is 0. The van der Waals surface area contributed by atoms with Crippen molar-refractivity contribution in [3.05, 3.63) is 94.3 Å². The molecule has 0 aliphatic heterocycles. The van der Waals surface area contributed by atoms with Gasteiger partial charge >= 0.3 is 0 Å². The van der Waals surface area contributed by atoms with E-state index in [1.54, 1.807) is 6.21 Å². The second-order valence-corrected chi connectivity index (χ2v) is 6.96. The molecule has 3 aromatic rings. The average molecular weight is 374 g/mol. The van der Waals surface area contributed by atoms with E-state index in [-0.39, 0.29) is 12.4 Å². The molecule has 4 nitrogen and oxygen atoms in total. The van der Waals surface area contributed by atoms with Crippen LogP contribution < -0.4 is 0 Å². The highest BCUT2D eigenvalue weighted by Gasteiger charge is 2.16. The molecule has 0 saturated carbocycles. The summed E-state index contributed by atoms with van der Waals surface area (Å²) in [5.41, 5.74) is 6.15. The van der Waals surface area contributed by atoms with Crippen LogP contribution in [0.3, 0.4) is 0 Å². The number of Topliss-reactive ketones (excluding diaryl/α,β-unsaturated/α-hetero) is 1. The van der Waals surface area contributed by atoms with E-state index >= 15 is 0 Å². The van der Waals surface area contributed by atoms with E-state index in [1.807, 2.05) is 57.2 Å². The minimum absolute atomic E-state index is 0.0546. The lowest BCUT2D eigenvalue weighted by Crippen LogP contribution is -2.10. The summed E-state index contributed by atoms with van der Waals surface area (Å²) < 4.78 is 2.19. The summed E-state index contributed by atoms with van der Waals surface area (Å²) in [6.45, 7) is 6.82. The van der Waals surface area contributed by atoms with Crippen molar-refractivity contribution in [2.45, 2.75) is 33.7 Å². The Balaban J connectivity index is 1.60. The SMILES string of the molecule is Cc1ccccc1/C=N\OCC(=O)c1cc(C)n(CCc2ccccc2)c1C. The number of rotatable bonds is 8. The Hall–Kier alpha value is -3.14. The molecule has 0 aliphatic rings. The summed E-state index contributed by atoms with van der Waals surface area (Å²) in [7, 11) is 0. The molecule has 4 heteroatoms. The van der Waals surface area contributed by atoms with E-state index in [0.717, 1.165) is 35.5 Å². The first kappa shape index (κ1) is 19.6. The first-order chi connectivity index (χ1) is 13.6. The fourth-order valence-corrected chi connectivity index (χ4v) is 3.31. The number of aromatic nitrogens is 1. The molecule has 28 heavy (non-hydrogen) atoms. The van der Waals surface area contributed by atoms with Crippen molar-refractivity contribution in [3.8, 4) is 0 Å². The zero-order chi connectivity index (χ0) is 19.9. The number of ketones is 1. The van der Waals surface area contributed by atoms with Gasteiger partial charge in [-0.3, -0.25) is 4.79 Å². The maximum Gasteiger partial charge on any atom is 0.204 e. The van der Waals surface area contributed by atoms with Crippen molar-refractivity contribution in [1.29, 1.82) is 0 Å². The lowest BCUT2D eigenvalue weighted by atomic mass is 10.1.